The van der Waals surface area contributed by atoms with E-state index in [-0.39, 0.29) is 23.2 Å². The van der Waals surface area contributed by atoms with Crippen molar-refractivity contribution in [2.24, 2.45) is 0 Å². The molecule has 1 aromatic carbocycles. The summed E-state index contributed by atoms with van der Waals surface area (Å²) in [5, 5.41) is 5.86. The molecule has 1 unspecified atom stereocenters. The van der Waals surface area contributed by atoms with E-state index < -0.39 is 23.3 Å². The molecule has 34 heavy (non-hydrogen) atoms. The molecule has 2 N–H and O–H groups in total. The minimum atomic E-state index is -0.560. The Morgan fingerprint density at radius 3 is 2.24 bits per heavy atom. The second kappa shape index (κ2) is 9.71. The predicted octanol–water partition coefficient (Wildman–Crippen LogP) is 4.36. The summed E-state index contributed by atoms with van der Waals surface area (Å²) in [5.41, 5.74) is 0.288. The van der Waals surface area contributed by atoms with E-state index >= 15 is 0 Å². The van der Waals surface area contributed by atoms with E-state index in [1.54, 1.807) is 30.8 Å². The van der Waals surface area contributed by atoms with Crippen molar-refractivity contribution < 1.29 is 14.0 Å². The van der Waals surface area contributed by atoms with Crippen molar-refractivity contribution in [3.05, 3.63) is 93.8 Å². The number of hydrogen-bond acceptors (Lipinski definition) is 4. The fraction of sp³-hybridized carbons (Fsp3) is 0.370. The van der Waals surface area contributed by atoms with E-state index in [0.29, 0.717) is 5.76 Å². The highest BCUT2D eigenvalue weighted by molar-refractivity contribution is 5.99. The van der Waals surface area contributed by atoms with E-state index in [9.17, 15) is 14.4 Å². The molecule has 1 atom stereocenters. The molecule has 176 valence electrons. The van der Waals surface area contributed by atoms with Gasteiger partial charge in [0.25, 0.3) is 11.8 Å². The van der Waals surface area contributed by atoms with Gasteiger partial charge in [-0.05, 0) is 43.4 Å². The molecule has 2 fully saturated rings. The van der Waals surface area contributed by atoms with Gasteiger partial charge in [0.05, 0.1) is 6.26 Å². The fourth-order valence-electron chi connectivity index (χ4n) is 4.63. The number of benzene rings is 1. The van der Waals surface area contributed by atoms with Crippen molar-refractivity contribution in [1.82, 2.24) is 15.2 Å². The zero-order valence-corrected chi connectivity index (χ0v) is 19.0. The number of aromatic nitrogens is 1. The third-order valence-corrected chi connectivity index (χ3v) is 6.68. The first-order valence-corrected chi connectivity index (χ1v) is 12.1. The van der Waals surface area contributed by atoms with E-state index in [0.717, 1.165) is 44.1 Å². The van der Waals surface area contributed by atoms with Crippen LogP contribution in [0.4, 0.5) is 0 Å². The Labute approximate surface area is 198 Å². The molecule has 0 aliphatic heterocycles. The van der Waals surface area contributed by atoms with Crippen LogP contribution >= 0.6 is 0 Å². The minimum Gasteiger partial charge on any atom is -0.467 e. The fourth-order valence-corrected chi connectivity index (χ4v) is 4.63. The van der Waals surface area contributed by atoms with Gasteiger partial charge in [-0.1, -0.05) is 49.6 Å². The zero-order valence-electron chi connectivity index (χ0n) is 19.0. The van der Waals surface area contributed by atoms with Crippen molar-refractivity contribution in [3.63, 3.8) is 0 Å². The summed E-state index contributed by atoms with van der Waals surface area (Å²) in [6.07, 6.45) is 11.9. The first-order chi connectivity index (χ1) is 16.6. The standard InChI is InChI=1S/C27H29N3O4/c31-25-21(26(32)28-19-13-14-19)16-30(20-10-5-2-6-11-20)17-22(25)27(33)29-24(23-12-7-15-34-23)18-8-3-1-4-9-18/h1,3-4,7-9,12,15-17,19-20,24H,2,5-6,10-11,13-14H2,(H,28,32)(H,29,33). The van der Waals surface area contributed by atoms with Crippen molar-refractivity contribution in [2.75, 3.05) is 0 Å². The summed E-state index contributed by atoms with van der Waals surface area (Å²) in [7, 11) is 0. The number of nitrogens with one attached hydrogen (secondary N) is 2. The number of amides is 2. The molecule has 0 saturated heterocycles. The molecule has 2 amide bonds. The summed E-state index contributed by atoms with van der Waals surface area (Å²) in [4.78, 5) is 39.7. The smallest absolute Gasteiger partial charge is 0.257 e. The lowest BCUT2D eigenvalue weighted by atomic mass is 9.95. The van der Waals surface area contributed by atoms with Crippen molar-refractivity contribution in [1.29, 1.82) is 0 Å². The molecule has 7 nitrogen and oxygen atoms in total. The van der Waals surface area contributed by atoms with Gasteiger partial charge < -0.3 is 19.6 Å². The number of pyridine rings is 1. The lowest BCUT2D eigenvalue weighted by molar-refractivity contribution is 0.0936. The molecule has 2 saturated carbocycles. The normalized spacial score (nSPS) is 17.2. The van der Waals surface area contributed by atoms with E-state index in [1.807, 2.05) is 34.9 Å². The lowest BCUT2D eigenvalue weighted by Gasteiger charge is -2.26. The van der Waals surface area contributed by atoms with E-state index in [2.05, 4.69) is 10.6 Å². The van der Waals surface area contributed by atoms with Gasteiger partial charge >= 0.3 is 0 Å². The van der Waals surface area contributed by atoms with Crippen LogP contribution in [0.25, 0.3) is 0 Å². The summed E-state index contributed by atoms with van der Waals surface area (Å²) in [6.45, 7) is 0. The molecule has 2 aromatic heterocycles. The number of hydrogen-bond donors (Lipinski definition) is 2. The summed E-state index contributed by atoms with van der Waals surface area (Å²) in [6, 6.07) is 12.7. The van der Waals surface area contributed by atoms with Crippen LogP contribution in [0.2, 0.25) is 0 Å². The first kappa shape index (κ1) is 22.2. The van der Waals surface area contributed by atoms with Gasteiger partial charge in [0.1, 0.15) is 22.9 Å². The molecule has 2 heterocycles. The van der Waals surface area contributed by atoms with Crippen molar-refractivity contribution in [3.8, 4) is 0 Å². The quantitative estimate of drug-likeness (QED) is 0.549. The zero-order chi connectivity index (χ0) is 23.5. The topological polar surface area (TPSA) is 93.3 Å². The molecule has 3 aromatic rings. The largest absolute Gasteiger partial charge is 0.467 e. The van der Waals surface area contributed by atoms with Crippen LogP contribution in [0.3, 0.4) is 0 Å². The Hall–Kier alpha value is -3.61. The lowest BCUT2D eigenvalue weighted by Crippen LogP contribution is -2.37. The Kier molecular flexibility index (Phi) is 6.34. The molecule has 0 spiro atoms. The third kappa shape index (κ3) is 4.83. The average molecular weight is 460 g/mol. The summed E-state index contributed by atoms with van der Waals surface area (Å²) < 4.78 is 7.49. The van der Waals surface area contributed by atoms with Gasteiger partial charge in [0.2, 0.25) is 5.43 Å². The molecule has 2 aliphatic carbocycles. The van der Waals surface area contributed by atoms with Crippen molar-refractivity contribution >= 4 is 11.8 Å². The summed E-state index contributed by atoms with van der Waals surface area (Å²) in [5.74, 6) is -0.368. The molecule has 2 aliphatic rings. The second-order valence-electron chi connectivity index (χ2n) is 9.23. The SMILES string of the molecule is O=C(NC1CC1)c1cn(C2CCCCC2)cc(C(=O)NC(c2ccccc2)c2ccco2)c1=O. The maximum absolute atomic E-state index is 13.5. The highest BCUT2D eigenvalue weighted by Crippen LogP contribution is 2.29. The van der Waals surface area contributed by atoms with Crippen molar-refractivity contribution in [2.45, 2.75) is 63.1 Å². The van der Waals surface area contributed by atoms with Crippen LogP contribution in [0, 0.1) is 0 Å². The van der Waals surface area contributed by atoms with E-state index in [1.165, 1.54) is 6.42 Å². The van der Waals surface area contributed by atoms with Crippen LogP contribution in [0.5, 0.6) is 0 Å². The monoisotopic (exact) mass is 459 g/mol. The highest BCUT2D eigenvalue weighted by atomic mass is 16.3. The van der Waals surface area contributed by atoms with Gasteiger partial charge in [0.15, 0.2) is 0 Å². The molecular weight excluding hydrogens is 430 g/mol. The van der Waals surface area contributed by atoms with Crippen LogP contribution in [0.1, 0.15) is 89.1 Å². The number of rotatable bonds is 7. The maximum atomic E-state index is 13.5. The Morgan fingerprint density at radius 2 is 1.59 bits per heavy atom. The number of furan rings is 1. The van der Waals surface area contributed by atoms with Gasteiger partial charge in [-0.3, -0.25) is 14.4 Å². The number of carbonyl (C=O) groups is 2. The Bertz CT molecular complexity index is 1210. The molecular formula is C27H29N3O4. The van der Waals surface area contributed by atoms with Crippen LogP contribution in [0.15, 0.2) is 70.3 Å². The van der Waals surface area contributed by atoms with Gasteiger partial charge in [-0.15, -0.1) is 0 Å². The minimum absolute atomic E-state index is 0.0264. The highest BCUT2D eigenvalue weighted by Gasteiger charge is 2.29. The van der Waals surface area contributed by atoms with Gasteiger partial charge in [-0.25, -0.2) is 0 Å². The van der Waals surface area contributed by atoms with Crippen LogP contribution < -0.4 is 16.1 Å². The van der Waals surface area contributed by atoms with Gasteiger partial charge in [-0.2, -0.15) is 0 Å². The average Bonchev–Trinajstić information content (AvgIpc) is 3.52. The first-order valence-electron chi connectivity index (χ1n) is 12.1. The van der Waals surface area contributed by atoms with Crippen LogP contribution in [-0.4, -0.2) is 22.4 Å². The Balaban J connectivity index is 1.51. The predicted molar refractivity (Wildman–Crippen MR) is 128 cm³/mol. The summed E-state index contributed by atoms with van der Waals surface area (Å²) >= 11 is 0. The molecule has 5 rings (SSSR count). The molecule has 7 heteroatoms. The van der Waals surface area contributed by atoms with E-state index in [4.69, 9.17) is 4.42 Å². The Morgan fingerprint density at radius 1 is 0.882 bits per heavy atom. The molecule has 0 bridgehead atoms. The second-order valence-corrected chi connectivity index (χ2v) is 9.23. The van der Waals surface area contributed by atoms with Crippen LogP contribution in [-0.2, 0) is 0 Å². The maximum Gasteiger partial charge on any atom is 0.257 e. The number of carbonyl (C=O) groups excluding carboxylic acids is 2. The number of nitrogens with zero attached hydrogens (tertiary/aromatic N) is 1. The third-order valence-electron chi connectivity index (χ3n) is 6.68. The molecule has 0 radical (unpaired) electrons. The van der Waals surface area contributed by atoms with Gasteiger partial charge in [0, 0.05) is 24.5 Å².